The Morgan fingerprint density at radius 1 is 0.929 bits per heavy atom. The van der Waals surface area contributed by atoms with Crippen molar-refractivity contribution in [2.24, 2.45) is 0 Å². The van der Waals surface area contributed by atoms with E-state index in [1.807, 2.05) is 42.5 Å². The number of nitrogens with one attached hydrogen (secondary N) is 2. The number of benzene rings is 2. The molecule has 2 aromatic carbocycles. The summed E-state index contributed by atoms with van der Waals surface area (Å²) in [6.45, 7) is 0.297. The Balaban J connectivity index is 1.23. The lowest BCUT2D eigenvalue weighted by molar-refractivity contribution is -0.120. The maximum absolute atomic E-state index is 12.2. The number of rotatable bonds is 6. The minimum atomic E-state index is -0.506. The molecule has 0 radical (unpaired) electrons. The van der Waals surface area contributed by atoms with Gasteiger partial charge in [-0.25, -0.2) is 0 Å². The van der Waals surface area contributed by atoms with Crippen molar-refractivity contribution >= 4 is 17.5 Å². The van der Waals surface area contributed by atoms with Crippen LogP contribution in [0, 0.1) is 0 Å². The fraction of sp³-hybridized carbons (Fsp3) is 0.364. The Kier molecular flexibility index (Phi) is 5.19. The lowest BCUT2D eigenvalue weighted by Gasteiger charge is -2.21. The molecule has 1 spiro atoms. The normalized spacial score (nSPS) is 16.1. The minimum absolute atomic E-state index is 0.0936. The van der Waals surface area contributed by atoms with E-state index in [9.17, 15) is 9.59 Å². The summed E-state index contributed by atoms with van der Waals surface area (Å²) in [5.41, 5.74) is 1.61. The first-order valence-corrected chi connectivity index (χ1v) is 9.74. The van der Waals surface area contributed by atoms with Gasteiger partial charge in [-0.15, -0.1) is 0 Å². The predicted octanol–water partition coefficient (Wildman–Crippen LogP) is 3.42. The first-order chi connectivity index (χ1) is 13.6. The lowest BCUT2D eigenvalue weighted by atomic mass is 10.1. The number of ether oxygens (including phenoxy) is 2. The third-order valence-electron chi connectivity index (χ3n) is 5.07. The Morgan fingerprint density at radius 3 is 2.46 bits per heavy atom. The highest BCUT2D eigenvalue weighted by Gasteiger charge is 2.44. The molecule has 28 heavy (non-hydrogen) atoms. The second-order valence-electron chi connectivity index (χ2n) is 7.29. The summed E-state index contributed by atoms with van der Waals surface area (Å²) in [4.78, 5) is 24.1. The molecule has 6 heteroatoms. The van der Waals surface area contributed by atoms with Crippen LogP contribution >= 0.6 is 0 Å². The predicted molar refractivity (Wildman–Crippen MR) is 105 cm³/mol. The molecule has 1 aliphatic carbocycles. The van der Waals surface area contributed by atoms with Crippen LogP contribution in [0.15, 0.2) is 48.5 Å². The smallest absolute Gasteiger partial charge is 0.251 e. The van der Waals surface area contributed by atoms with Crippen molar-refractivity contribution in [1.82, 2.24) is 5.32 Å². The molecule has 0 aromatic heterocycles. The number of amides is 2. The summed E-state index contributed by atoms with van der Waals surface area (Å²) >= 11 is 0. The third-order valence-corrected chi connectivity index (χ3v) is 5.07. The second kappa shape index (κ2) is 7.92. The average molecular weight is 380 g/mol. The highest BCUT2D eigenvalue weighted by molar-refractivity contribution is 5.91. The molecular formula is C22H24N2O4. The van der Waals surface area contributed by atoms with E-state index in [2.05, 4.69) is 10.6 Å². The molecule has 146 valence electrons. The van der Waals surface area contributed by atoms with Gasteiger partial charge in [0.15, 0.2) is 11.5 Å². The van der Waals surface area contributed by atoms with Gasteiger partial charge < -0.3 is 20.1 Å². The zero-order valence-corrected chi connectivity index (χ0v) is 15.7. The van der Waals surface area contributed by atoms with Gasteiger partial charge in [-0.3, -0.25) is 9.59 Å². The van der Waals surface area contributed by atoms with Crippen molar-refractivity contribution in [3.63, 3.8) is 0 Å². The van der Waals surface area contributed by atoms with Crippen molar-refractivity contribution in [3.8, 4) is 11.5 Å². The van der Waals surface area contributed by atoms with E-state index in [-0.39, 0.29) is 18.2 Å². The van der Waals surface area contributed by atoms with Crippen LogP contribution in [0.5, 0.6) is 11.5 Å². The molecule has 1 fully saturated rings. The molecule has 1 aliphatic heterocycles. The molecule has 1 saturated carbocycles. The molecule has 0 bridgehead atoms. The monoisotopic (exact) mass is 380 g/mol. The molecule has 4 rings (SSSR count). The van der Waals surface area contributed by atoms with Gasteiger partial charge in [0.2, 0.25) is 11.8 Å². The lowest BCUT2D eigenvalue weighted by Crippen LogP contribution is -2.34. The van der Waals surface area contributed by atoms with E-state index in [0.29, 0.717) is 24.4 Å². The first kappa shape index (κ1) is 18.3. The molecular weight excluding hydrogens is 356 g/mol. The second-order valence-corrected chi connectivity index (χ2v) is 7.29. The van der Waals surface area contributed by atoms with Crippen LogP contribution in [0.2, 0.25) is 0 Å². The zero-order valence-electron chi connectivity index (χ0n) is 15.7. The maximum Gasteiger partial charge on any atom is 0.251 e. The Morgan fingerprint density at radius 2 is 1.68 bits per heavy atom. The van der Waals surface area contributed by atoms with Crippen LogP contribution in [0.3, 0.4) is 0 Å². The van der Waals surface area contributed by atoms with E-state index >= 15 is 0 Å². The fourth-order valence-corrected chi connectivity index (χ4v) is 3.67. The van der Waals surface area contributed by atoms with Gasteiger partial charge in [0.25, 0.3) is 5.79 Å². The van der Waals surface area contributed by atoms with E-state index in [1.165, 1.54) is 0 Å². The van der Waals surface area contributed by atoms with Crippen molar-refractivity contribution in [2.45, 2.75) is 44.3 Å². The Hall–Kier alpha value is -3.02. The van der Waals surface area contributed by atoms with Gasteiger partial charge in [0.05, 0.1) is 6.42 Å². The maximum atomic E-state index is 12.2. The Bertz CT molecular complexity index is 860. The van der Waals surface area contributed by atoms with E-state index < -0.39 is 5.79 Å². The fourth-order valence-electron chi connectivity index (χ4n) is 3.67. The van der Waals surface area contributed by atoms with Crippen LogP contribution in [-0.4, -0.2) is 24.1 Å². The first-order valence-electron chi connectivity index (χ1n) is 9.74. The summed E-state index contributed by atoms with van der Waals surface area (Å²) < 4.78 is 12.0. The molecule has 2 amide bonds. The van der Waals surface area contributed by atoms with Crippen LogP contribution in [0.4, 0.5) is 5.69 Å². The molecule has 2 aromatic rings. The molecule has 6 nitrogen and oxygen atoms in total. The van der Waals surface area contributed by atoms with Gasteiger partial charge in [0, 0.05) is 37.6 Å². The zero-order chi connectivity index (χ0) is 19.4. The number of carbonyl (C=O) groups is 2. The van der Waals surface area contributed by atoms with Crippen molar-refractivity contribution in [1.29, 1.82) is 0 Å². The van der Waals surface area contributed by atoms with E-state index in [1.54, 1.807) is 6.07 Å². The Labute approximate surface area is 164 Å². The largest absolute Gasteiger partial charge is 0.448 e. The highest BCUT2D eigenvalue weighted by atomic mass is 16.7. The molecule has 1 heterocycles. The van der Waals surface area contributed by atoms with Gasteiger partial charge in [-0.2, -0.15) is 0 Å². The van der Waals surface area contributed by atoms with Crippen LogP contribution in [0.25, 0.3) is 0 Å². The molecule has 0 unspecified atom stereocenters. The summed E-state index contributed by atoms with van der Waals surface area (Å²) in [6, 6.07) is 15.0. The van der Waals surface area contributed by atoms with Gasteiger partial charge >= 0.3 is 0 Å². The molecule has 2 aliphatic rings. The van der Waals surface area contributed by atoms with Crippen LogP contribution in [-0.2, 0) is 16.0 Å². The third kappa shape index (κ3) is 4.27. The van der Waals surface area contributed by atoms with Crippen molar-refractivity contribution in [3.05, 3.63) is 54.1 Å². The molecule has 0 atom stereocenters. The highest BCUT2D eigenvalue weighted by Crippen LogP contribution is 2.47. The van der Waals surface area contributed by atoms with Crippen LogP contribution in [0.1, 0.15) is 37.7 Å². The standard InChI is InChI=1S/C22H24N2O4/c25-20(10-13-23-21(26)14-16-6-2-1-3-7-16)24-17-8-9-18-19(15-17)28-22(27-18)11-4-5-12-22/h1-3,6-9,15H,4-5,10-14H2,(H,23,26)(H,24,25). The quantitative estimate of drug-likeness (QED) is 0.805. The topological polar surface area (TPSA) is 76.7 Å². The van der Waals surface area contributed by atoms with Crippen molar-refractivity contribution in [2.75, 3.05) is 11.9 Å². The number of anilines is 1. The number of hydrogen-bond acceptors (Lipinski definition) is 4. The van der Waals surface area contributed by atoms with Crippen LogP contribution < -0.4 is 20.1 Å². The van der Waals surface area contributed by atoms with E-state index in [4.69, 9.17) is 9.47 Å². The van der Waals surface area contributed by atoms with Crippen molar-refractivity contribution < 1.29 is 19.1 Å². The summed E-state index contributed by atoms with van der Waals surface area (Å²) in [5.74, 6) is 0.649. The summed E-state index contributed by atoms with van der Waals surface area (Å²) in [6.07, 6.45) is 4.52. The molecule has 0 saturated heterocycles. The van der Waals surface area contributed by atoms with Gasteiger partial charge in [0.1, 0.15) is 0 Å². The van der Waals surface area contributed by atoms with Gasteiger partial charge in [-0.05, 0) is 30.5 Å². The summed E-state index contributed by atoms with van der Waals surface area (Å²) in [7, 11) is 0. The summed E-state index contributed by atoms with van der Waals surface area (Å²) in [5, 5.41) is 5.63. The number of hydrogen-bond donors (Lipinski definition) is 2. The molecule has 2 N–H and O–H groups in total. The number of carbonyl (C=O) groups excluding carboxylic acids is 2. The number of fused-ring (bicyclic) bond motifs is 1. The van der Waals surface area contributed by atoms with Gasteiger partial charge in [-0.1, -0.05) is 30.3 Å². The minimum Gasteiger partial charge on any atom is -0.448 e. The van der Waals surface area contributed by atoms with E-state index in [0.717, 1.165) is 37.0 Å². The average Bonchev–Trinajstić information content (AvgIpc) is 3.28. The SMILES string of the molecule is O=C(Cc1ccccc1)NCCC(=O)Nc1ccc2c(c1)OC1(CCCC1)O2.